The lowest BCUT2D eigenvalue weighted by molar-refractivity contribution is -0.139. The second-order valence-electron chi connectivity index (χ2n) is 9.70. The highest BCUT2D eigenvalue weighted by molar-refractivity contribution is 7.86. The fraction of sp³-hybridized carbons (Fsp3) is 0.962. The molecule has 0 fully saturated rings. The maximum absolute atomic E-state index is 11.1. The molecule has 0 aliphatic rings. The summed E-state index contributed by atoms with van der Waals surface area (Å²) in [5.41, 5.74) is 5.27. The van der Waals surface area contributed by atoms with Gasteiger partial charge in [-0.25, -0.2) is 0 Å². The van der Waals surface area contributed by atoms with Crippen molar-refractivity contribution < 1.29 is 22.5 Å². The Morgan fingerprint density at radius 2 is 1.18 bits per heavy atom. The molecule has 0 bridgehead atoms. The number of unbranched alkanes of at least 4 members (excludes halogenated alkanes) is 12. The van der Waals surface area contributed by atoms with Gasteiger partial charge in [-0.3, -0.25) is 8.98 Å². The van der Waals surface area contributed by atoms with Crippen LogP contribution >= 0.6 is 0 Å². The zero-order chi connectivity index (χ0) is 25.5. The topological polar surface area (TPSA) is 107 Å². The number of rotatable bonds is 21. The Morgan fingerprint density at radius 1 is 0.788 bits per heavy atom. The molecule has 0 spiro atoms. The third-order valence-electron chi connectivity index (χ3n) is 6.08. The van der Waals surface area contributed by atoms with E-state index in [1.165, 1.54) is 77.0 Å². The van der Waals surface area contributed by atoms with E-state index in [1.54, 1.807) is 6.92 Å². The Balaban J connectivity index is 0. The quantitative estimate of drug-likeness (QED) is 0.133. The minimum absolute atomic E-state index is 0.0718. The normalized spacial score (nSPS) is 13.4. The van der Waals surface area contributed by atoms with Crippen LogP contribution in [0.1, 0.15) is 131 Å². The summed E-state index contributed by atoms with van der Waals surface area (Å²) in [7, 11) is -3.24. The van der Waals surface area contributed by atoms with Gasteiger partial charge in [0.1, 0.15) is 6.04 Å². The summed E-state index contributed by atoms with van der Waals surface area (Å²) < 4.78 is 27.1. The van der Waals surface area contributed by atoms with Gasteiger partial charge in [0.2, 0.25) is 0 Å². The zero-order valence-electron chi connectivity index (χ0n) is 22.3. The van der Waals surface area contributed by atoms with Crippen LogP contribution in [0.2, 0.25) is 0 Å². The van der Waals surface area contributed by atoms with E-state index < -0.39 is 22.1 Å². The molecule has 0 aromatic carbocycles. The molecule has 0 aliphatic heterocycles. The molecule has 0 radical (unpaired) electrons. The molecule has 0 saturated heterocycles. The number of hydrogen-bond donors (Lipinski definition) is 2. The van der Waals surface area contributed by atoms with Gasteiger partial charge in [-0.05, 0) is 25.2 Å². The molecule has 6 nitrogen and oxygen atoms in total. The molecule has 3 N–H and O–H groups in total. The van der Waals surface area contributed by atoms with Crippen LogP contribution in [0.25, 0.3) is 0 Å². The van der Waals surface area contributed by atoms with E-state index in [0.29, 0.717) is 6.61 Å². The molecule has 0 aromatic rings. The third kappa shape index (κ3) is 25.8. The standard InChI is InChI=1S/C20H42O3S.C6H13NO2/c1-4-24(21,22)23-19-17-15-13-11-9-7-5-6-8-10-12-14-16-18-20(2)3;1-3-4(2)5(7)6(8)9/h20H,4-19H2,1-3H3;4-5H,3,7H2,1-2H3,(H,8,9)/t;4-,5-/m.0/s1. The first kappa shape index (κ1) is 34.5. The first-order valence-electron chi connectivity index (χ1n) is 13.4. The number of carbonyl (C=O) groups is 1. The monoisotopic (exact) mass is 493 g/mol. The molecule has 0 amide bonds. The van der Waals surface area contributed by atoms with Crippen molar-refractivity contribution in [3.05, 3.63) is 0 Å². The minimum Gasteiger partial charge on any atom is -0.480 e. The summed E-state index contributed by atoms with van der Waals surface area (Å²) in [5.74, 6) is 0.0963. The van der Waals surface area contributed by atoms with E-state index in [2.05, 4.69) is 13.8 Å². The number of aliphatic carboxylic acids is 1. The smallest absolute Gasteiger partial charge is 0.320 e. The van der Waals surface area contributed by atoms with Crippen molar-refractivity contribution in [3.63, 3.8) is 0 Å². The molecule has 0 aliphatic carbocycles. The van der Waals surface area contributed by atoms with Crippen LogP contribution in [-0.2, 0) is 19.1 Å². The summed E-state index contributed by atoms with van der Waals surface area (Å²) in [6.07, 6.45) is 19.1. The van der Waals surface area contributed by atoms with E-state index >= 15 is 0 Å². The van der Waals surface area contributed by atoms with E-state index in [0.717, 1.165) is 25.2 Å². The molecular formula is C26H55NO5S. The summed E-state index contributed by atoms with van der Waals surface area (Å²) in [6, 6.07) is -0.699. The average molecular weight is 494 g/mol. The molecule has 33 heavy (non-hydrogen) atoms. The van der Waals surface area contributed by atoms with E-state index in [-0.39, 0.29) is 11.7 Å². The van der Waals surface area contributed by atoms with Crippen molar-refractivity contribution >= 4 is 16.1 Å². The van der Waals surface area contributed by atoms with Crippen LogP contribution in [-0.4, -0.2) is 37.9 Å². The van der Waals surface area contributed by atoms with Crippen LogP contribution in [0.15, 0.2) is 0 Å². The summed E-state index contributed by atoms with van der Waals surface area (Å²) in [6.45, 7) is 10.3. The largest absolute Gasteiger partial charge is 0.480 e. The summed E-state index contributed by atoms with van der Waals surface area (Å²) >= 11 is 0. The Hall–Kier alpha value is -0.660. The second-order valence-corrected chi connectivity index (χ2v) is 11.6. The fourth-order valence-corrected chi connectivity index (χ4v) is 3.90. The van der Waals surface area contributed by atoms with Crippen molar-refractivity contribution in [2.75, 3.05) is 12.4 Å². The lowest BCUT2D eigenvalue weighted by Crippen LogP contribution is -2.36. The van der Waals surface area contributed by atoms with Gasteiger partial charge in [0.25, 0.3) is 10.1 Å². The van der Waals surface area contributed by atoms with Crippen molar-refractivity contribution in [3.8, 4) is 0 Å². The fourth-order valence-electron chi connectivity index (χ4n) is 3.37. The summed E-state index contributed by atoms with van der Waals surface area (Å²) in [4.78, 5) is 10.2. The van der Waals surface area contributed by atoms with Crippen LogP contribution in [0.5, 0.6) is 0 Å². The Kier molecular flexibility index (Phi) is 24.2. The van der Waals surface area contributed by atoms with Gasteiger partial charge in [0, 0.05) is 0 Å². The lowest BCUT2D eigenvalue weighted by Gasteiger charge is -2.11. The zero-order valence-corrected chi connectivity index (χ0v) is 23.1. The van der Waals surface area contributed by atoms with Gasteiger partial charge in [-0.1, -0.05) is 118 Å². The highest BCUT2D eigenvalue weighted by atomic mass is 32.2. The predicted octanol–water partition coefficient (Wildman–Crippen LogP) is 6.91. The Bertz CT molecular complexity index is 537. The van der Waals surface area contributed by atoms with Gasteiger partial charge >= 0.3 is 5.97 Å². The van der Waals surface area contributed by atoms with Crippen molar-refractivity contribution in [2.45, 2.75) is 137 Å². The number of carboxylic acid groups (broad SMARTS) is 1. The van der Waals surface area contributed by atoms with Gasteiger partial charge in [-0.2, -0.15) is 8.42 Å². The van der Waals surface area contributed by atoms with E-state index in [9.17, 15) is 13.2 Å². The molecular weight excluding hydrogens is 438 g/mol. The maximum atomic E-state index is 11.1. The Labute approximate surface area is 205 Å². The van der Waals surface area contributed by atoms with E-state index in [4.69, 9.17) is 15.0 Å². The molecule has 7 heteroatoms. The van der Waals surface area contributed by atoms with Crippen molar-refractivity contribution in [1.82, 2.24) is 0 Å². The number of carboxylic acids is 1. The lowest BCUT2D eigenvalue weighted by atomic mass is 10.0. The number of nitrogens with two attached hydrogens (primary N) is 1. The molecule has 2 atom stereocenters. The molecule has 0 saturated carbocycles. The second kappa shape index (κ2) is 23.1. The molecule has 0 heterocycles. The predicted molar refractivity (Wildman–Crippen MR) is 140 cm³/mol. The molecule has 0 unspecified atom stereocenters. The van der Waals surface area contributed by atoms with Crippen LogP contribution in [0.4, 0.5) is 0 Å². The first-order valence-corrected chi connectivity index (χ1v) is 15.0. The highest BCUT2D eigenvalue weighted by Crippen LogP contribution is 2.14. The van der Waals surface area contributed by atoms with Crippen LogP contribution < -0.4 is 5.73 Å². The SMILES string of the molecule is CCS(=O)(=O)OCCCCCCCCCCCCCCCC(C)C.CC[C@H](C)[C@H](N)C(=O)O. The van der Waals surface area contributed by atoms with Crippen LogP contribution in [0, 0.1) is 11.8 Å². The van der Waals surface area contributed by atoms with Crippen molar-refractivity contribution in [1.29, 1.82) is 0 Å². The third-order valence-corrected chi connectivity index (χ3v) is 7.32. The molecule has 0 rings (SSSR count). The van der Waals surface area contributed by atoms with Gasteiger partial charge in [0.15, 0.2) is 0 Å². The van der Waals surface area contributed by atoms with Gasteiger partial charge in [0.05, 0.1) is 12.4 Å². The highest BCUT2D eigenvalue weighted by Gasteiger charge is 2.17. The Morgan fingerprint density at radius 3 is 1.48 bits per heavy atom. The minimum atomic E-state index is -3.24. The maximum Gasteiger partial charge on any atom is 0.320 e. The van der Waals surface area contributed by atoms with Gasteiger partial charge < -0.3 is 10.8 Å². The van der Waals surface area contributed by atoms with Crippen molar-refractivity contribution in [2.24, 2.45) is 17.6 Å². The molecule has 0 aromatic heterocycles. The first-order chi connectivity index (χ1) is 15.6. The number of hydrogen-bond acceptors (Lipinski definition) is 5. The average Bonchev–Trinajstić information content (AvgIpc) is 2.77. The van der Waals surface area contributed by atoms with Crippen LogP contribution in [0.3, 0.4) is 0 Å². The summed E-state index contributed by atoms with van der Waals surface area (Å²) in [5, 5.41) is 8.36. The molecule has 200 valence electrons. The van der Waals surface area contributed by atoms with Gasteiger partial charge in [-0.15, -0.1) is 0 Å². The van der Waals surface area contributed by atoms with E-state index in [1.807, 2.05) is 13.8 Å².